The molecule has 7 aromatic rings. The Bertz CT molecular complexity index is 2390. The molecule has 0 aliphatic heterocycles. The van der Waals surface area contributed by atoms with Crippen molar-refractivity contribution in [3.63, 3.8) is 0 Å². The molecule has 0 saturated carbocycles. The summed E-state index contributed by atoms with van der Waals surface area (Å²) in [6, 6.07) is 37.6. The van der Waals surface area contributed by atoms with E-state index in [4.69, 9.17) is 9.97 Å². The van der Waals surface area contributed by atoms with E-state index in [2.05, 4.69) is 145 Å². The summed E-state index contributed by atoms with van der Waals surface area (Å²) >= 11 is 0. The van der Waals surface area contributed by atoms with Crippen LogP contribution in [0.25, 0.3) is 61.3 Å². The number of fused-ring (bicyclic) bond motifs is 2. The predicted molar refractivity (Wildman–Crippen MR) is 209 cm³/mol. The van der Waals surface area contributed by atoms with Gasteiger partial charge in [0.25, 0.3) is 0 Å². The molecule has 51 heavy (non-hydrogen) atoms. The van der Waals surface area contributed by atoms with E-state index >= 15 is 0 Å². The molecule has 0 aliphatic rings. The molecular formula is C46H46N3OPt-. The van der Waals surface area contributed by atoms with Crippen molar-refractivity contribution >= 4 is 21.9 Å². The summed E-state index contributed by atoms with van der Waals surface area (Å²) in [5, 5.41) is 12.3. The van der Waals surface area contributed by atoms with Crippen molar-refractivity contribution in [3.05, 3.63) is 132 Å². The molecular weight excluding hydrogens is 806 g/mol. The van der Waals surface area contributed by atoms with Crippen LogP contribution in [-0.4, -0.2) is 19.6 Å². The van der Waals surface area contributed by atoms with Crippen LogP contribution in [0.15, 0.2) is 103 Å². The molecule has 0 saturated heterocycles. The molecule has 2 aromatic heterocycles. The quantitative estimate of drug-likeness (QED) is 0.176. The van der Waals surface area contributed by atoms with Gasteiger partial charge in [-0.25, -0.2) is 4.98 Å². The molecule has 0 unspecified atom stereocenters. The number of hydrogen-bond donors (Lipinski definition) is 1. The predicted octanol–water partition coefficient (Wildman–Crippen LogP) is 12.1. The first-order chi connectivity index (χ1) is 23.7. The Morgan fingerprint density at radius 2 is 1.35 bits per heavy atom. The van der Waals surface area contributed by atoms with Crippen molar-refractivity contribution in [2.45, 2.75) is 79.1 Å². The zero-order valence-corrected chi connectivity index (χ0v) is 33.3. The van der Waals surface area contributed by atoms with Gasteiger partial charge < -0.3 is 5.11 Å². The summed E-state index contributed by atoms with van der Waals surface area (Å²) in [7, 11) is 0. The second-order valence-electron chi connectivity index (χ2n) is 16.0. The van der Waals surface area contributed by atoms with E-state index in [-0.39, 0.29) is 37.6 Å². The summed E-state index contributed by atoms with van der Waals surface area (Å²) in [5.74, 6) is 1.27. The molecule has 1 N–H and O–H groups in total. The SMILES string of the molecule is Cc1ccc(O)c(-c2nc3c(-c4[c-]c(-c5cc(C(C)(C)C)cc6c(C(C)C)ccnc56)ccc4)cccc3n2-c2ccc(C(C)(C)C)cc2)c1.[Pt]. The normalized spacial score (nSPS) is 12.1. The van der Waals surface area contributed by atoms with Gasteiger partial charge in [-0.05, 0) is 82.1 Å². The maximum atomic E-state index is 11.1. The van der Waals surface area contributed by atoms with Crippen molar-refractivity contribution in [2.75, 3.05) is 0 Å². The molecule has 0 atom stereocenters. The third-order valence-corrected chi connectivity index (χ3v) is 9.81. The van der Waals surface area contributed by atoms with Crippen molar-refractivity contribution in [1.82, 2.24) is 14.5 Å². The van der Waals surface area contributed by atoms with E-state index in [1.807, 2.05) is 25.3 Å². The standard InChI is InChI=1S/C46H46N3O.Pt/c1-28(2)35-22-23-47-42-37(26-33(27-38(35)42)46(7,8)9)31-13-10-12-30(25-31)36-14-11-15-40-43(36)48-44(39-24-29(3)16-21-41(39)50)49(40)34-19-17-32(18-20-34)45(4,5)6;/h10-24,26-28,50H,1-9H3;/q-1;. The molecule has 5 heteroatoms. The van der Waals surface area contributed by atoms with Crippen LogP contribution in [0, 0.1) is 13.0 Å². The molecule has 0 aliphatic carbocycles. The average Bonchev–Trinajstić information content (AvgIpc) is 3.47. The number of phenols is 1. The summed E-state index contributed by atoms with van der Waals surface area (Å²) in [6.45, 7) is 20.0. The van der Waals surface area contributed by atoms with E-state index in [1.165, 1.54) is 22.1 Å². The van der Waals surface area contributed by atoms with E-state index in [0.29, 0.717) is 17.3 Å². The first kappa shape index (κ1) is 36.3. The van der Waals surface area contributed by atoms with Crippen LogP contribution in [0.5, 0.6) is 5.75 Å². The molecule has 0 bridgehead atoms. The van der Waals surface area contributed by atoms with Gasteiger partial charge in [-0.2, -0.15) is 0 Å². The zero-order valence-electron chi connectivity index (χ0n) is 31.0. The number of benzene rings is 5. The number of pyridine rings is 1. The van der Waals surface area contributed by atoms with Gasteiger partial charge in [-0.15, -0.1) is 35.4 Å². The van der Waals surface area contributed by atoms with E-state index < -0.39 is 0 Å². The number of para-hydroxylation sites is 1. The van der Waals surface area contributed by atoms with Gasteiger partial charge in [0.05, 0.1) is 16.6 Å². The maximum Gasteiger partial charge on any atom is 0.148 e. The molecule has 5 aromatic carbocycles. The molecule has 0 amide bonds. The van der Waals surface area contributed by atoms with Crippen molar-refractivity contribution in [1.29, 1.82) is 0 Å². The van der Waals surface area contributed by atoms with Crippen molar-refractivity contribution < 1.29 is 26.2 Å². The van der Waals surface area contributed by atoms with Gasteiger partial charge in [0.1, 0.15) is 11.6 Å². The number of rotatable bonds is 5. The van der Waals surface area contributed by atoms with Gasteiger partial charge in [0, 0.05) is 38.5 Å². The van der Waals surface area contributed by atoms with Crippen LogP contribution in [-0.2, 0) is 31.9 Å². The number of hydrogen-bond acceptors (Lipinski definition) is 3. The van der Waals surface area contributed by atoms with Gasteiger partial charge in [-0.3, -0.25) is 9.55 Å². The minimum atomic E-state index is -0.0358. The number of aromatic nitrogens is 3. The average molecular weight is 852 g/mol. The number of nitrogens with zero attached hydrogens (tertiary/aromatic N) is 3. The Morgan fingerprint density at radius 3 is 2.02 bits per heavy atom. The zero-order chi connectivity index (χ0) is 35.5. The fourth-order valence-corrected chi connectivity index (χ4v) is 6.90. The van der Waals surface area contributed by atoms with Crippen LogP contribution >= 0.6 is 0 Å². The van der Waals surface area contributed by atoms with Crippen LogP contribution in [0.1, 0.15) is 83.6 Å². The van der Waals surface area contributed by atoms with Crippen LogP contribution in [0.3, 0.4) is 0 Å². The smallest absolute Gasteiger partial charge is 0.148 e. The summed E-state index contributed by atoms with van der Waals surface area (Å²) in [4.78, 5) is 10.2. The first-order valence-corrected chi connectivity index (χ1v) is 17.6. The van der Waals surface area contributed by atoms with Crippen molar-refractivity contribution in [3.8, 4) is 45.1 Å². The van der Waals surface area contributed by atoms with Crippen LogP contribution in [0.4, 0.5) is 0 Å². The Kier molecular flexibility index (Phi) is 9.63. The second kappa shape index (κ2) is 13.5. The topological polar surface area (TPSA) is 50.9 Å². The first-order valence-electron chi connectivity index (χ1n) is 17.6. The molecule has 0 radical (unpaired) electrons. The fraction of sp³-hybridized carbons (Fsp3) is 0.261. The maximum absolute atomic E-state index is 11.1. The minimum Gasteiger partial charge on any atom is -0.507 e. The van der Waals surface area contributed by atoms with Gasteiger partial charge in [-0.1, -0.05) is 115 Å². The van der Waals surface area contributed by atoms with E-state index in [1.54, 1.807) is 6.07 Å². The third-order valence-electron chi connectivity index (χ3n) is 9.81. The largest absolute Gasteiger partial charge is 0.507 e. The van der Waals surface area contributed by atoms with Crippen LogP contribution in [0.2, 0.25) is 0 Å². The summed E-state index contributed by atoms with van der Waals surface area (Å²) < 4.78 is 2.17. The summed E-state index contributed by atoms with van der Waals surface area (Å²) in [6.07, 6.45) is 1.94. The number of phenolic OH excluding ortho intramolecular Hbond substituents is 1. The molecule has 7 rings (SSSR count). The fourth-order valence-electron chi connectivity index (χ4n) is 6.90. The Labute approximate surface area is 316 Å². The van der Waals surface area contributed by atoms with Crippen molar-refractivity contribution in [2.24, 2.45) is 0 Å². The second-order valence-corrected chi connectivity index (χ2v) is 16.0. The summed E-state index contributed by atoms with van der Waals surface area (Å²) in [5.41, 5.74) is 13.4. The number of aryl methyl sites for hydroxylation is 1. The number of aromatic hydroxyl groups is 1. The molecule has 262 valence electrons. The number of imidazole rings is 1. The molecule has 2 heterocycles. The monoisotopic (exact) mass is 851 g/mol. The minimum absolute atomic E-state index is 0. The molecule has 0 spiro atoms. The Hall–Kier alpha value is -4.53. The Balaban J connectivity index is 0.00000448. The van der Waals surface area contributed by atoms with Gasteiger partial charge in [0.2, 0.25) is 0 Å². The van der Waals surface area contributed by atoms with E-state index in [9.17, 15) is 5.11 Å². The molecule has 0 fully saturated rings. The van der Waals surface area contributed by atoms with Crippen LogP contribution < -0.4 is 0 Å². The third kappa shape index (κ3) is 6.79. The van der Waals surface area contributed by atoms with Gasteiger partial charge in [0.15, 0.2) is 0 Å². The van der Waals surface area contributed by atoms with Gasteiger partial charge >= 0.3 is 0 Å². The molecule has 4 nitrogen and oxygen atoms in total. The Morgan fingerprint density at radius 1 is 0.686 bits per heavy atom. The van der Waals surface area contributed by atoms with E-state index in [0.717, 1.165) is 50.1 Å².